The molecule has 69 heavy (non-hydrogen) atoms. The van der Waals surface area contributed by atoms with Gasteiger partial charge < -0.3 is 15.0 Å². The van der Waals surface area contributed by atoms with E-state index in [0.29, 0.717) is 50.0 Å². The highest BCUT2D eigenvalue weighted by Gasteiger charge is 2.41. The van der Waals surface area contributed by atoms with Gasteiger partial charge in [0.15, 0.2) is 0 Å². The molecule has 6 heterocycles. The molecule has 3 aromatic heterocycles. The number of nitrogens with one attached hydrogen (secondary N) is 1. The number of pyridine rings is 2. The molecule has 1 amide bonds. The first-order chi connectivity index (χ1) is 33.2. The Bertz CT molecular complexity index is 2670. The molecule has 5 aliphatic rings. The number of fused-ring (bicyclic) bond motifs is 1. The predicted octanol–water partition coefficient (Wildman–Crippen LogP) is 10.4. The molecule has 2 aromatic carbocycles. The second-order valence-corrected chi connectivity index (χ2v) is 21.9. The molecule has 6 unspecified atom stereocenters. The van der Waals surface area contributed by atoms with Crippen molar-refractivity contribution in [2.45, 2.75) is 116 Å². The van der Waals surface area contributed by atoms with Crippen LogP contribution in [0, 0.1) is 23.7 Å². The molecule has 2 aliphatic carbocycles. The lowest BCUT2D eigenvalue weighted by Crippen LogP contribution is -2.35. The van der Waals surface area contributed by atoms with E-state index in [9.17, 15) is 14.4 Å². The van der Waals surface area contributed by atoms with Crippen LogP contribution in [-0.4, -0.2) is 86.3 Å². The van der Waals surface area contributed by atoms with E-state index >= 15 is 0 Å². The zero-order valence-corrected chi connectivity index (χ0v) is 41.4. The molecule has 360 valence electrons. The number of Topliss-reactive ketones (excluding diaryl/α,β-unsaturated/α-hetero) is 2. The van der Waals surface area contributed by atoms with Crippen molar-refractivity contribution < 1.29 is 19.1 Å². The number of allylic oxidation sites excluding steroid dienone is 1. The number of hydrogen-bond acceptors (Lipinski definition) is 9. The van der Waals surface area contributed by atoms with Crippen molar-refractivity contribution in [1.29, 1.82) is 0 Å². The monoisotopic (exact) mass is 928 g/mol. The fraction of sp³-hybridized carbons (Fsp3) is 0.466. The molecule has 6 atom stereocenters. The maximum absolute atomic E-state index is 13.9. The first-order valence-electron chi connectivity index (χ1n) is 25.2. The quantitative estimate of drug-likeness (QED) is 0.146. The fourth-order valence-electron chi connectivity index (χ4n) is 11.5. The summed E-state index contributed by atoms with van der Waals surface area (Å²) >= 11 is 0. The number of likely N-dealkylation sites (tertiary alicyclic amines) is 1. The molecule has 0 radical (unpaired) electrons. The van der Waals surface area contributed by atoms with Gasteiger partial charge in [-0.2, -0.15) is 5.10 Å². The molecule has 0 bridgehead atoms. The Morgan fingerprint density at radius 1 is 0.681 bits per heavy atom. The van der Waals surface area contributed by atoms with Crippen LogP contribution in [0.2, 0.25) is 0 Å². The third-order valence-electron chi connectivity index (χ3n) is 14.9. The maximum atomic E-state index is 13.9. The van der Waals surface area contributed by atoms with Gasteiger partial charge in [0.1, 0.15) is 17.2 Å². The number of ketones is 2. The first kappa shape index (κ1) is 48.0. The van der Waals surface area contributed by atoms with E-state index in [1.54, 1.807) is 17.3 Å². The average molecular weight is 928 g/mol. The minimum Gasteiger partial charge on any atom is -0.444 e. The third-order valence-corrected chi connectivity index (χ3v) is 14.9. The zero-order chi connectivity index (χ0) is 48.3. The van der Waals surface area contributed by atoms with Crippen molar-refractivity contribution in [2.24, 2.45) is 28.7 Å². The molecule has 2 fully saturated rings. The van der Waals surface area contributed by atoms with Crippen LogP contribution in [0.1, 0.15) is 120 Å². The largest absolute Gasteiger partial charge is 0.444 e. The lowest BCUT2D eigenvalue weighted by atomic mass is 9.76. The van der Waals surface area contributed by atoms with Gasteiger partial charge in [0, 0.05) is 103 Å². The van der Waals surface area contributed by atoms with E-state index < -0.39 is 5.60 Å². The molecule has 10 rings (SSSR count). The Balaban J connectivity index is 0.000000180. The van der Waals surface area contributed by atoms with Gasteiger partial charge in [0.05, 0.1) is 23.5 Å². The van der Waals surface area contributed by atoms with Crippen LogP contribution in [0.4, 0.5) is 4.79 Å². The Labute approximate surface area is 408 Å². The van der Waals surface area contributed by atoms with Gasteiger partial charge in [0.25, 0.3) is 0 Å². The number of carbonyl (C=O) groups excluding carboxylic acids is 3. The number of hydrogen-bond donors (Lipinski definition) is 1. The second-order valence-electron chi connectivity index (χ2n) is 21.9. The summed E-state index contributed by atoms with van der Waals surface area (Å²) in [6, 6.07) is 29.0. The highest BCUT2D eigenvalue weighted by molar-refractivity contribution is 6.15. The smallest absolute Gasteiger partial charge is 0.410 e. The van der Waals surface area contributed by atoms with Crippen molar-refractivity contribution in [3.63, 3.8) is 0 Å². The van der Waals surface area contributed by atoms with Gasteiger partial charge in [-0.25, -0.2) is 4.79 Å². The Hall–Kier alpha value is -6.07. The summed E-state index contributed by atoms with van der Waals surface area (Å²) in [6.07, 6.45) is 13.2. The van der Waals surface area contributed by atoms with Crippen LogP contribution in [0.25, 0.3) is 11.3 Å². The second kappa shape index (κ2) is 20.5. The third kappa shape index (κ3) is 11.0. The van der Waals surface area contributed by atoms with Crippen molar-refractivity contribution in [3.05, 3.63) is 149 Å². The van der Waals surface area contributed by atoms with Gasteiger partial charge in [-0.3, -0.25) is 29.2 Å². The Morgan fingerprint density at radius 3 is 1.91 bits per heavy atom. The number of rotatable bonds is 10. The van der Waals surface area contributed by atoms with Gasteiger partial charge in [-0.15, -0.1) is 0 Å². The van der Waals surface area contributed by atoms with E-state index in [1.165, 1.54) is 33.5 Å². The van der Waals surface area contributed by atoms with Crippen LogP contribution in [0.3, 0.4) is 0 Å². The average Bonchev–Trinajstić information content (AvgIpc) is 4.17. The molecular weight excluding hydrogens is 859 g/mol. The number of nitrogens with zero attached hydrogens (tertiary/aromatic N) is 6. The van der Waals surface area contributed by atoms with Crippen LogP contribution < -0.4 is 5.32 Å². The molecule has 11 heteroatoms. The summed E-state index contributed by atoms with van der Waals surface area (Å²) in [6.45, 7) is 16.0. The number of aromatic nitrogens is 4. The molecular formula is C58H69N7O4. The zero-order valence-electron chi connectivity index (χ0n) is 41.4. The Morgan fingerprint density at radius 2 is 1.28 bits per heavy atom. The van der Waals surface area contributed by atoms with E-state index in [0.717, 1.165) is 74.3 Å². The van der Waals surface area contributed by atoms with E-state index in [1.807, 2.05) is 75.6 Å². The summed E-state index contributed by atoms with van der Waals surface area (Å²) in [5, 5.41) is 8.57. The van der Waals surface area contributed by atoms with Crippen molar-refractivity contribution in [3.8, 4) is 11.3 Å². The number of carbonyl (C=O) groups is 3. The maximum Gasteiger partial charge on any atom is 0.410 e. The predicted molar refractivity (Wildman–Crippen MR) is 271 cm³/mol. The van der Waals surface area contributed by atoms with Gasteiger partial charge >= 0.3 is 6.09 Å². The number of amides is 1. The summed E-state index contributed by atoms with van der Waals surface area (Å²) in [5.41, 5.74) is 11.2. The van der Waals surface area contributed by atoms with Crippen molar-refractivity contribution in [1.82, 2.24) is 30.0 Å². The van der Waals surface area contributed by atoms with Crippen molar-refractivity contribution >= 4 is 23.4 Å². The normalized spacial score (nSPS) is 23.4. The van der Waals surface area contributed by atoms with Gasteiger partial charge in [-0.05, 0) is 145 Å². The standard InChI is InChI=1S/C33H42N4O3.C25H27N3O/c1-32(2,3)37-28-13-12-24(18-26(28)30(35-37)23-14-16-34-17-15-23)29(38)19-25-20-36(31(39)40-33(4,5)6)21-27(25)22-10-8-7-9-11-22;29-24(13-21-14-27-16-23(21)17-4-2-1-3-5-17)19-6-7-20-15-28-25(22(20)12-19)18-8-10-26-11-9-18/h7-11,14-17,24-25,27H,12-13,18-21H2,1-6H3;1-5,8-11,19,21,23,27H,6-7,12-16H2. The summed E-state index contributed by atoms with van der Waals surface area (Å²) in [7, 11) is 0. The van der Waals surface area contributed by atoms with E-state index in [2.05, 4.69) is 83.2 Å². The van der Waals surface area contributed by atoms with Gasteiger partial charge in [0.2, 0.25) is 0 Å². The molecule has 11 nitrogen and oxygen atoms in total. The highest BCUT2D eigenvalue weighted by atomic mass is 16.6. The Kier molecular flexibility index (Phi) is 14.2. The summed E-state index contributed by atoms with van der Waals surface area (Å²) < 4.78 is 7.84. The molecule has 1 N–H and O–H groups in total. The minimum absolute atomic E-state index is 0.0563. The lowest BCUT2D eigenvalue weighted by molar-refractivity contribution is -0.124. The van der Waals surface area contributed by atoms with E-state index in [-0.39, 0.29) is 41.1 Å². The first-order valence-corrected chi connectivity index (χ1v) is 25.2. The topological polar surface area (TPSA) is 132 Å². The molecule has 0 spiro atoms. The molecule has 5 aromatic rings. The van der Waals surface area contributed by atoms with Crippen LogP contribution in [0.15, 0.2) is 126 Å². The van der Waals surface area contributed by atoms with Crippen LogP contribution >= 0.6 is 0 Å². The molecule has 0 saturated carbocycles. The van der Waals surface area contributed by atoms with E-state index in [4.69, 9.17) is 14.8 Å². The van der Waals surface area contributed by atoms with Crippen LogP contribution in [-0.2, 0) is 32.7 Å². The summed E-state index contributed by atoms with van der Waals surface area (Å²) in [5.74, 6) is 1.80. The van der Waals surface area contributed by atoms with Crippen LogP contribution in [0.5, 0.6) is 0 Å². The van der Waals surface area contributed by atoms with Crippen molar-refractivity contribution in [2.75, 3.05) is 32.7 Å². The number of ether oxygens (including phenoxy) is 1. The molecule has 3 aliphatic heterocycles. The SMILES string of the molecule is CC(C)(C)OC(=O)N1CC(CC(=O)C2CCc3c(c(-c4ccncc4)nn3C(C)(C)C)C2)C(c2ccccc2)C1.O=C(CC1CNCC1c1ccccc1)C1CCC2=C(C1)C(c1ccncc1)=NC2. The fourth-order valence-corrected chi connectivity index (χ4v) is 11.5. The summed E-state index contributed by atoms with van der Waals surface area (Å²) in [4.78, 5) is 55.0. The van der Waals surface area contributed by atoms with Gasteiger partial charge in [-0.1, -0.05) is 60.7 Å². The minimum atomic E-state index is -0.558. The number of aliphatic imine (C=N–C) groups is 1. The lowest BCUT2D eigenvalue weighted by Gasteiger charge is -2.28. The molecule has 2 saturated heterocycles. The number of benzene rings is 2. The highest BCUT2D eigenvalue weighted by Crippen LogP contribution is 2.41.